The van der Waals surface area contributed by atoms with Gasteiger partial charge in [0, 0.05) is 20.2 Å². The molecule has 0 saturated heterocycles. The molecule has 0 bridgehead atoms. The Labute approximate surface area is 112 Å². The van der Waals surface area contributed by atoms with Crippen molar-refractivity contribution in [2.45, 2.75) is 6.04 Å². The molecule has 1 unspecified atom stereocenters. The summed E-state index contributed by atoms with van der Waals surface area (Å²) in [7, 11) is 1.60. The highest BCUT2D eigenvalue weighted by Crippen LogP contribution is 2.18. The summed E-state index contributed by atoms with van der Waals surface area (Å²) in [5.74, 6) is -0.245. The van der Waals surface area contributed by atoms with Gasteiger partial charge in [0.15, 0.2) is 0 Å². The van der Waals surface area contributed by atoms with Crippen LogP contribution in [0.3, 0.4) is 0 Å². The van der Waals surface area contributed by atoms with Crippen molar-refractivity contribution < 1.29 is 19.4 Å². The second-order valence-corrected chi connectivity index (χ2v) is 3.92. The number of rotatable bonds is 9. The fraction of sp³-hybridized carbons (Fsp3) is 0.462. The van der Waals surface area contributed by atoms with E-state index in [1.54, 1.807) is 31.4 Å². The SMILES string of the molecule is COCCOc1ccc(C(NCCN)C(=O)O)cc1. The molecular weight excluding hydrogens is 248 g/mol. The van der Waals surface area contributed by atoms with Crippen LogP contribution in [0.5, 0.6) is 5.75 Å². The number of carbonyl (C=O) groups is 1. The predicted octanol–water partition coefficient (Wildman–Crippen LogP) is 0.386. The lowest BCUT2D eigenvalue weighted by atomic mass is 10.1. The molecule has 0 aliphatic heterocycles. The fourth-order valence-corrected chi connectivity index (χ4v) is 1.57. The molecule has 0 fully saturated rings. The first-order valence-electron chi connectivity index (χ1n) is 6.07. The van der Waals surface area contributed by atoms with E-state index in [9.17, 15) is 4.79 Å². The van der Waals surface area contributed by atoms with Gasteiger partial charge in [-0.25, -0.2) is 0 Å². The minimum atomic E-state index is -0.929. The smallest absolute Gasteiger partial charge is 0.325 e. The molecule has 0 heterocycles. The molecule has 1 atom stereocenters. The number of carboxylic acid groups (broad SMARTS) is 1. The van der Waals surface area contributed by atoms with Gasteiger partial charge >= 0.3 is 5.97 Å². The van der Waals surface area contributed by atoms with Crippen LogP contribution in [0.2, 0.25) is 0 Å². The zero-order valence-corrected chi connectivity index (χ0v) is 11.0. The van der Waals surface area contributed by atoms with E-state index in [0.717, 1.165) is 0 Å². The van der Waals surface area contributed by atoms with Crippen LogP contribution in [0.4, 0.5) is 0 Å². The standard InChI is InChI=1S/C13H20N2O4/c1-18-8-9-19-11-4-2-10(3-5-11)12(13(16)17)15-7-6-14/h2-5,12,15H,6-9,14H2,1H3,(H,16,17). The quantitative estimate of drug-likeness (QED) is 0.561. The van der Waals surface area contributed by atoms with E-state index < -0.39 is 12.0 Å². The van der Waals surface area contributed by atoms with E-state index in [1.165, 1.54) is 0 Å². The summed E-state index contributed by atoms with van der Waals surface area (Å²) in [4.78, 5) is 11.2. The summed E-state index contributed by atoms with van der Waals surface area (Å²) in [6, 6.07) is 6.18. The van der Waals surface area contributed by atoms with Crippen LogP contribution in [0.1, 0.15) is 11.6 Å². The van der Waals surface area contributed by atoms with E-state index in [2.05, 4.69) is 5.32 Å². The third-order valence-corrected chi connectivity index (χ3v) is 2.51. The van der Waals surface area contributed by atoms with Gasteiger partial charge in [-0.1, -0.05) is 12.1 Å². The molecule has 0 amide bonds. The predicted molar refractivity (Wildman–Crippen MR) is 71.2 cm³/mol. The Morgan fingerprint density at radius 3 is 2.58 bits per heavy atom. The lowest BCUT2D eigenvalue weighted by Crippen LogP contribution is -2.32. The highest BCUT2D eigenvalue weighted by Gasteiger charge is 2.18. The van der Waals surface area contributed by atoms with Crippen LogP contribution in [-0.4, -0.2) is 44.5 Å². The van der Waals surface area contributed by atoms with Gasteiger partial charge in [0.25, 0.3) is 0 Å². The molecule has 6 heteroatoms. The van der Waals surface area contributed by atoms with Gasteiger partial charge in [-0.3, -0.25) is 10.1 Å². The molecule has 0 radical (unpaired) electrons. The Hall–Kier alpha value is -1.63. The number of ether oxygens (including phenoxy) is 2. The maximum atomic E-state index is 11.2. The molecule has 4 N–H and O–H groups in total. The molecule has 6 nitrogen and oxygen atoms in total. The van der Waals surface area contributed by atoms with Crippen LogP contribution in [0.25, 0.3) is 0 Å². The van der Waals surface area contributed by atoms with Gasteiger partial charge < -0.3 is 20.3 Å². The molecule has 0 aliphatic rings. The van der Waals surface area contributed by atoms with Gasteiger partial charge in [0.05, 0.1) is 6.61 Å². The van der Waals surface area contributed by atoms with E-state index in [0.29, 0.717) is 37.6 Å². The summed E-state index contributed by atoms with van der Waals surface area (Å²) in [6.45, 7) is 1.81. The minimum Gasteiger partial charge on any atom is -0.491 e. The molecule has 0 aromatic heterocycles. The van der Waals surface area contributed by atoms with Crippen LogP contribution >= 0.6 is 0 Å². The van der Waals surface area contributed by atoms with Gasteiger partial charge in [0.2, 0.25) is 0 Å². The van der Waals surface area contributed by atoms with E-state index in [-0.39, 0.29) is 0 Å². The first kappa shape index (κ1) is 15.4. The first-order valence-corrected chi connectivity index (χ1v) is 6.07. The van der Waals surface area contributed by atoms with E-state index in [4.69, 9.17) is 20.3 Å². The van der Waals surface area contributed by atoms with E-state index >= 15 is 0 Å². The zero-order valence-electron chi connectivity index (χ0n) is 11.0. The van der Waals surface area contributed by atoms with Crippen LogP contribution in [0.15, 0.2) is 24.3 Å². The molecule has 1 aromatic rings. The largest absolute Gasteiger partial charge is 0.491 e. The number of nitrogens with one attached hydrogen (secondary N) is 1. The van der Waals surface area contributed by atoms with Gasteiger partial charge in [-0.15, -0.1) is 0 Å². The number of aliphatic carboxylic acids is 1. The summed E-state index contributed by atoms with van der Waals surface area (Å²) in [5, 5.41) is 12.0. The highest BCUT2D eigenvalue weighted by molar-refractivity contribution is 5.75. The van der Waals surface area contributed by atoms with Crippen molar-refractivity contribution in [2.75, 3.05) is 33.4 Å². The van der Waals surface area contributed by atoms with Crippen molar-refractivity contribution in [1.29, 1.82) is 0 Å². The third-order valence-electron chi connectivity index (χ3n) is 2.51. The Kier molecular flexibility index (Phi) is 6.88. The van der Waals surface area contributed by atoms with Crippen LogP contribution < -0.4 is 15.8 Å². The molecule has 0 aliphatic carbocycles. The zero-order chi connectivity index (χ0) is 14.1. The second-order valence-electron chi connectivity index (χ2n) is 3.92. The first-order chi connectivity index (χ1) is 9.19. The van der Waals surface area contributed by atoms with Crippen molar-refractivity contribution in [1.82, 2.24) is 5.32 Å². The molecule has 0 spiro atoms. The highest BCUT2D eigenvalue weighted by atomic mass is 16.5. The molecule has 106 valence electrons. The molecule has 1 rings (SSSR count). The number of carboxylic acids is 1. The van der Waals surface area contributed by atoms with Crippen LogP contribution in [0, 0.1) is 0 Å². The third kappa shape index (κ3) is 5.25. The van der Waals surface area contributed by atoms with Crippen molar-refractivity contribution >= 4 is 5.97 Å². The molecule has 19 heavy (non-hydrogen) atoms. The Morgan fingerprint density at radius 2 is 2.05 bits per heavy atom. The van der Waals surface area contributed by atoms with Gasteiger partial charge in [0.1, 0.15) is 18.4 Å². The monoisotopic (exact) mass is 268 g/mol. The normalized spacial score (nSPS) is 12.1. The summed E-state index contributed by atoms with van der Waals surface area (Å²) in [6.07, 6.45) is 0. The van der Waals surface area contributed by atoms with Crippen molar-refractivity contribution in [3.8, 4) is 5.75 Å². The van der Waals surface area contributed by atoms with Crippen molar-refractivity contribution in [3.63, 3.8) is 0 Å². The number of methoxy groups -OCH3 is 1. The summed E-state index contributed by atoms with van der Waals surface area (Å²) < 4.78 is 10.3. The fourth-order valence-electron chi connectivity index (χ4n) is 1.57. The van der Waals surface area contributed by atoms with Gasteiger partial charge in [-0.05, 0) is 17.7 Å². The maximum absolute atomic E-state index is 11.2. The number of benzene rings is 1. The Morgan fingerprint density at radius 1 is 1.37 bits per heavy atom. The Balaban J connectivity index is 2.63. The lowest BCUT2D eigenvalue weighted by Gasteiger charge is -2.14. The average Bonchev–Trinajstić information content (AvgIpc) is 2.41. The van der Waals surface area contributed by atoms with Crippen molar-refractivity contribution in [3.05, 3.63) is 29.8 Å². The summed E-state index contributed by atoms with van der Waals surface area (Å²) >= 11 is 0. The van der Waals surface area contributed by atoms with E-state index in [1.807, 2.05) is 0 Å². The molecular formula is C13H20N2O4. The Bertz CT molecular complexity index is 381. The number of nitrogens with two attached hydrogens (primary N) is 1. The summed E-state index contributed by atoms with van der Waals surface area (Å²) in [5.41, 5.74) is 6.03. The lowest BCUT2D eigenvalue weighted by molar-refractivity contribution is -0.139. The number of hydrogen-bond donors (Lipinski definition) is 3. The molecule has 0 saturated carbocycles. The second kappa shape index (κ2) is 8.47. The minimum absolute atomic E-state index is 0.391. The average molecular weight is 268 g/mol. The molecule has 1 aromatic carbocycles. The van der Waals surface area contributed by atoms with Gasteiger partial charge in [-0.2, -0.15) is 0 Å². The number of hydrogen-bond acceptors (Lipinski definition) is 5. The van der Waals surface area contributed by atoms with Crippen molar-refractivity contribution in [2.24, 2.45) is 5.73 Å². The maximum Gasteiger partial charge on any atom is 0.325 e. The topological polar surface area (TPSA) is 93.8 Å². The van der Waals surface area contributed by atoms with Crippen LogP contribution in [-0.2, 0) is 9.53 Å².